The smallest absolute Gasteiger partial charge is 0.0594 e. The second-order valence-corrected chi connectivity index (χ2v) is 5.02. The highest BCUT2D eigenvalue weighted by Crippen LogP contribution is 2.27. The van der Waals surface area contributed by atoms with E-state index in [0.717, 1.165) is 45.6 Å². The molecule has 0 spiro atoms. The Kier molecular flexibility index (Phi) is 6.17. The second kappa shape index (κ2) is 7.14. The predicted octanol–water partition coefficient (Wildman–Crippen LogP) is 2.04. The third kappa shape index (κ3) is 3.54. The van der Waals surface area contributed by atoms with Gasteiger partial charge in [-0.25, -0.2) is 0 Å². The van der Waals surface area contributed by atoms with Crippen LogP contribution in [0.4, 0.5) is 0 Å². The SMILES string of the molecule is C=CCCC(NC)C(C)(CC)N1CCOCC1. The van der Waals surface area contributed by atoms with E-state index in [-0.39, 0.29) is 5.54 Å². The Labute approximate surface area is 106 Å². The van der Waals surface area contributed by atoms with Crippen molar-refractivity contribution in [1.82, 2.24) is 10.2 Å². The van der Waals surface area contributed by atoms with Crippen LogP contribution >= 0.6 is 0 Å². The summed E-state index contributed by atoms with van der Waals surface area (Å²) in [6.45, 7) is 12.3. The summed E-state index contributed by atoms with van der Waals surface area (Å²) >= 11 is 0. The number of nitrogens with one attached hydrogen (secondary N) is 1. The number of allylic oxidation sites excluding steroid dienone is 1. The molecule has 2 atom stereocenters. The van der Waals surface area contributed by atoms with Crippen molar-refractivity contribution in [2.45, 2.75) is 44.7 Å². The van der Waals surface area contributed by atoms with Crippen LogP contribution in [0.25, 0.3) is 0 Å². The summed E-state index contributed by atoms with van der Waals surface area (Å²) in [4.78, 5) is 2.58. The van der Waals surface area contributed by atoms with Gasteiger partial charge in [0.25, 0.3) is 0 Å². The minimum atomic E-state index is 0.224. The Morgan fingerprint density at radius 2 is 2.12 bits per heavy atom. The van der Waals surface area contributed by atoms with Crippen molar-refractivity contribution in [1.29, 1.82) is 0 Å². The standard InChI is InChI=1S/C14H28N2O/c1-5-7-8-13(15-4)14(3,6-2)16-9-11-17-12-10-16/h5,13,15H,1,6-12H2,2-4H3. The summed E-state index contributed by atoms with van der Waals surface area (Å²) in [5, 5.41) is 3.50. The molecule has 100 valence electrons. The van der Waals surface area contributed by atoms with E-state index in [1.807, 2.05) is 6.08 Å². The fourth-order valence-corrected chi connectivity index (χ4v) is 2.82. The zero-order chi connectivity index (χ0) is 12.7. The van der Waals surface area contributed by atoms with Gasteiger partial charge >= 0.3 is 0 Å². The lowest BCUT2D eigenvalue weighted by Gasteiger charge is -2.47. The molecule has 1 aliphatic rings. The topological polar surface area (TPSA) is 24.5 Å². The first-order valence-electron chi connectivity index (χ1n) is 6.80. The molecule has 0 radical (unpaired) electrons. The first-order valence-corrected chi connectivity index (χ1v) is 6.80. The number of rotatable bonds is 7. The number of hydrogen-bond acceptors (Lipinski definition) is 3. The number of hydrogen-bond donors (Lipinski definition) is 1. The first kappa shape index (κ1) is 14.7. The van der Waals surface area contributed by atoms with Gasteiger partial charge in [-0.3, -0.25) is 4.90 Å². The highest BCUT2D eigenvalue weighted by molar-refractivity contribution is 4.97. The molecule has 1 aliphatic heterocycles. The van der Waals surface area contributed by atoms with Crippen LogP contribution in [-0.4, -0.2) is 49.8 Å². The van der Waals surface area contributed by atoms with Crippen molar-refractivity contribution in [2.24, 2.45) is 0 Å². The van der Waals surface area contributed by atoms with E-state index in [1.54, 1.807) is 0 Å². The quantitative estimate of drug-likeness (QED) is 0.689. The van der Waals surface area contributed by atoms with E-state index in [2.05, 4.69) is 37.7 Å². The van der Waals surface area contributed by atoms with Crippen molar-refractivity contribution < 1.29 is 4.74 Å². The third-order valence-electron chi connectivity index (χ3n) is 4.21. The van der Waals surface area contributed by atoms with Gasteiger partial charge in [0.05, 0.1) is 13.2 Å². The van der Waals surface area contributed by atoms with Crippen LogP contribution in [0.3, 0.4) is 0 Å². The van der Waals surface area contributed by atoms with E-state index < -0.39 is 0 Å². The second-order valence-electron chi connectivity index (χ2n) is 5.02. The summed E-state index contributed by atoms with van der Waals surface area (Å²) in [6.07, 6.45) is 5.41. The lowest BCUT2D eigenvalue weighted by molar-refractivity contribution is -0.0323. The predicted molar refractivity (Wildman–Crippen MR) is 73.4 cm³/mol. The van der Waals surface area contributed by atoms with Crippen molar-refractivity contribution in [2.75, 3.05) is 33.4 Å². The molecule has 0 aliphatic carbocycles. The molecule has 3 heteroatoms. The molecule has 0 amide bonds. The molecule has 2 unspecified atom stereocenters. The molecule has 0 saturated carbocycles. The Hall–Kier alpha value is -0.380. The normalized spacial score (nSPS) is 23.0. The summed E-state index contributed by atoms with van der Waals surface area (Å²) < 4.78 is 5.46. The van der Waals surface area contributed by atoms with Crippen LogP contribution in [0, 0.1) is 0 Å². The molecule has 0 aromatic heterocycles. The van der Waals surface area contributed by atoms with Gasteiger partial charge in [0.1, 0.15) is 0 Å². The van der Waals surface area contributed by atoms with Gasteiger partial charge < -0.3 is 10.1 Å². The van der Waals surface area contributed by atoms with Gasteiger partial charge in [0.2, 0.25) is 0 Å². The van der Waals surface area contributed by atoms with Crippen LogP contribution in [0.2, 0.25) is 0 Å². The summed E-state index contributed by atoms with van der Waals surface area (Å²) in [7, 11) is 2.07. The Bertz CT molecular complexity index is 226. The van der Waals surface area contributed by atoms with Crippen LogP contribution < -0.4 is 5.32 Å². The van der Waals surface area contributed by atoms with Crippen LogP contribution in [0.5, 0.6) is 0 Å². The van der Waals surface area contributed by atoms with Gasteiger partial charge in [0.15, 0.2) is 0 Å². The molecule has 0 bridgehead atoms. The van der Waals surface area contributed by atoms with Crippen molar-refractivity contribution in [3.8, 4) is 0 Å². The Balaban J connectivity index is 2.71. The maximum atomic E-state index is 5.46. The first-order chi connectivity index (χ1) is 8.19. The average Bonchev–Trinajstić information content (AvgIpc) is 2.40. The molecule has 1 saturated heterocycles. The molecule has 1 rings (SSSR count). The fourth-order valence-electron chi connectivity index (χ4n) is 2.82. The number of morpholine rings is 1. The zero-order valence-electron chi connectivity index (χ0n) is 11.7. The molecule has 0 aromatic carbocycles. The monoisotopic (exact) mass is 240 g/mol. The highest BCUT2D eigenvalue weighted by Gasteiger charge is 2.37. The highest BCUT2D eigenvalue weighted by atomic mass is 16.5. The molecule has 1 N–H and O–H groups in total. The number of likely N-dealkylation sites (N-methyl/N-ethyl adjacent to an activating group) is 1. The maximum absolute atomic E-state index is 5.46. The zero-order valence-corrected chi connectivity index (χ0v) is 11.7. The van der Waals surface area contributed by atoms with Crippen LogP contribution in [0.15, 0.2) is 12.7 Å². The van der Waals surface area contributed by atoms with Gasteiger partial charge in [0, 0.05) is 24.7 Å². The van der Waals surface area contributed by atoms with Gasteiger partial charge in [-0.2, -0.15) is 0 Å². The Morgan fingerprint density at radius 3 is 2.59 bits per heavy atom. The summed E-state index contributed by atoms with van der Waals surface area (Å²) in [5.41, 5.74) is 0.224. The fraction of sp³-hybridized carbons (Fsp3) is 0.857. The molecule has 17 heavy (non-hydrogen) atoms. The van der Waals surface area contributed by atoms with Gasteiger partial charge in [-0.15, -0.1) is 6.58 Å². The number of ether oxygens (including phenoxy) is 1. The minimum Gasteiger partial charge on any atom is -0.379 e. The largest absolute Gasteiger partial charge is 0.379 e. The molecule has 0 aromatic rings. The van der Waals surface area contributed by atoms with Crippen LogP contribution in [0.1, 0.15) is 33.1 Å². The summed E-state index contributed by atoms with van der Waals surface area (Å²) in [5.74, 6) is 0. The Morgan fingerprint density at radius 1 is 1.47 bits per heavy atom. The minimum absolute atomic E-state index is 0.224. The van der Waals surface area contributed by atoms with E-state index in [4.69, 9.17) is 4.74 Å². The van der Waals surface area contributed by atoms with Gasteiger partial charge in [-0.05, 0) is 33.2 Å². The average molecular weight is 240 g/mol. The van der Waals surface area contributed by atoms with E-state index >= 15 is 0 Å². The molecule has 1 heterocycles. The molecular weight excluding hydrogens is 212 g/mol. The third-order valence-corrected chi connectivity index (χ3v) is 4.21. The lowest BCUT2D eigenvalue weighted by atomic mass is 9.84. The summed E-state index contributed by atoms with van der Waals surface area (Å²) in [6, 6.07) is 0.517. The van der Waals surface area contributed by atoms with Crippen molar-refractivity contribution in [3.63, 3.8) is 0 Å². The van der Waals surface area contributed by atoms with Crippen LogP contribution in [-0.2, 0) is 4.74 Å². The van der Waals surface area contributed by atoms with Crippen molar-refractivity contribution in [3.05, 3.63) is 12.7 Å². The van der Waals surface area contributed by atoms with E-state index in [9.17, 15) is 0 Å². The molecular formula is C14H28N2O. The van der Waals surface area contributed by atoms with Crippen molar-refractivity contribution >= 4 is 0 Å². The van der Waals surface area contributed by atoms with E-state index in [0.29, 0.717) is 6.04 Å². The maximum Gasteiger partial charge on any atom is 0.0594 e. The van der Waals surface area contributed by atoms with E-state index in [1.165, 1.54) is 0 Å². The number of nitrogens with zero attached hydrogens (tertiary/aromatic N) is 1. The van der Waals surface area contributed by atoms with Gasteiger partial charge in [-0.1, -0.05) is 13.0 Å². The lowest BCUT2D eigenvalue weighted by Crippen LogP contribution is -2.61. The molecule has 3 nitrogen and oxygen atoms in total. The molecule has 1 fully saturated rings.